The number of hydrogen-bond acceptors (Lipinski definition) is 7. The average Bonchev–Trinajstić information content (AvgIpc) is 3.23. The molecule has 3 aliphatic rings. The van der Waals surface area contributed by atoms with Gasteiger partial charge in [0.15, 0.2) is 13.2 Å². The second-order valence-electron chi connectivity index (χ2n) is 9.08. The predicted octanol–water partition coefficient (Wildman–Crippen LogP) is 4.32. The minimum atomic E-state index is -3.02. The van der Waals surface area contributed by atoms with Crippen molar-refractivity contribution >= 4 is 17.5 Å². The molecule has 2 aromatic heterocycles. The quantitative estimate of drug-likeness (QED) is 0.459. The molecule has 1 N–H and O–H groups in total. The van der Waals surface area contributed by atoms with Gasteiger partial charge >= 0.3 is 0 Å². The van der Waals surface area contributed by atoms with Crippen molar-refractivity contribution in [3.63, 3.8) is 0 Å². The normalized spacial score (nSPS) is 22.7. The molecular weight excluding hydrogens is 489 g/mol. The van der Waals surface area contributed by atoms with Crippen molar-refractivity contribution in [1.82, 2.24) is 20.4 Å². The standard InChI is InChI=1S/C23H20ClF3N4O4/c1-21(26,27)17-5-3-14(7-28-17)33-8-18-29-20(35-31-18)22-10-23(11-22,12-22)30-19(32)9-34-13-2-4-15(24)16(25)6-13/h2-7H,8-12H2,1H3,(H,30,32). The zero-order valence-electron chi connectivity index (χ0n) is 18.5. The Morgan fingerprint density at radius 3 is 2.60 bits per heavy atom. The first-order valence-electron chi connectivity index (χ1n) is 10.8. The first kappa shape index (κ1) is 23.4. The van der Waals surface area contributed by atoms with Gasteiger partial charge in [0.25, 0.3) is 11.8 Å². The number of hydrogen-bond donors (Lipinski definition) is 1. The maximum Gasteiger partial charge on any atom is 0.286 e. The number of carbonyl (C=O) groups is 1. The monoisotopic (exact) mass is 508 g/mol. The number of pyridine rings is 1. The molecule has 0 aliphatic heterocycles. The van der Waals surface area contributed by atoms with Gasteiger partial charge in [0.1, 0.15) is 23.0 Å². The third-order valence-corrected chi connectivity index (χ3v) is 6.48. The fourth-order valence-electron chi connectivity index (χ4n) is 4.60. The Kier molecular flexibility index (Phi) is 5.62. The highest BCUT2D eigenvalue weighted by molar-refractivity contribution is 6.30. The van der Waals surface area contributed by atoms with Crippen LogP contribution < -0.4 is 14.8 Å². The van der Waals surface area contributed by atoms with Crippen molar-refractivity contribution in [2.24, 2.45) is 0 Å². The van der Waals surface area contributed by atoms with E-state index in [1.54, 1.807) is 0 Å². The van der Waals surface area contributed by atoms with Crippen LogP contribution in [-0.4, -0.2) is 33.2 Å². The maximum absolute atomic E-state index is 13.5. The molecule has 1 aromatic carbocycles. The van der Waals surface area contributed by atoms with Gasteiger partial charge in [0.05, 0.1) is 16.6 Å². The highest BCUT2D eigenvalue weighted by Gasteiger charge is 2.72. The molecule has 2 bridgehead atoms. The van der Waals surface area contributed by atoms with Crippen molar-refractivity contribution < 1.29 is 32.0 Å². The first-order valence-corrected chi connectivity index (χ1v) is 11.1. The molecule has 0 spiro atoms. The maximum atomic E-state index is 13.5. The van der Waals surface area contributed by atoms with Crippen molar-refractivity contribution in [3.05, 3.63) is 64.8 Å². The zero-order valence-corrected chi connectivity index (χ0v) is 19.2. The highest BCUT2D eigenvalue weighted by Crippen LogP contribution is 2.67. The SMILES string of the molecule is CC(F)(F)c1ccc(OCc2noc(C34CC(NC(=O)COc5ccc(Cl)c(F)c5)(C3)C4)n2)cn1. The summed E-state index contributed by atoms with van der Waals surface area (Å²) in [7, 11) is 0. The summed E-state index contributed by atoms with van der Waals surface area (Å²) in [5, 5.41) is 6.86. The van der Waals surface area contributed by atoms with E-state index in [4.69, 9.17) is 25.6 Å². The van der Waals surface area contributed by atoms with E-state index in [1.807, 2.05) is 0 Å². The summed E-state index contributed by atoms with van der Waals surface area (Å²) in [5.74, 6) is -2.65. The zero-order chi connectivity index (χ0) is 24.8. The van der Waals surface area contributed by atoms with E-state index < -0.39 is 11.7 Å². The first-order chi connectivity index (χ1) is 16.6. The fraction of sp³-hybridized carbons (Fsp3) is 0.391. The van der Waals surface area contributed by atoms with E-state index >= 15 is 0 Å². The molecule has 0 radical (unpaired) electrons. The van der Waals surface area contributed by atoms with Crippen LogP contribution in [0, 0.1) is 5.82 Å². The van der Waals surface area contributed by atoms with Crippen LogP contribution in [0.2, 0.25) is 5.02 Å². The molecule has 1 amide bonds. The smallest absolute Gasteiger partial charge is 0.286 e. The number of amides is 1. The van der Waals surface area contributed by atoms with Crippen molar-refractivity contribution in [2.45, 2.75) is 49.7 Å². The molecular formula is C23H20ClF3N4O4. The number of rotatable bonds is 9. The molecule has 184 valence electrons. The summed E-state index contributed by atoms with van der Waals surface area (Å²) in [5.41, 5.74) is -0.970. The number of halogens is 4. The second-order valence-corrected chi connectivity index (χ2v) is 9.48. The molecule has 12 heteroatoms. The lowest BCUT2D eigenvalue weighted by atomic mass is 9.39. The number of aromatic nitrogens is 3. The highest BCUT2D eigenvalue weighted by atomic mass is 35.5. The van der Waals surface area contributed by atoms with Gasteiger partial charge in [-0.2, -0.15) is 13.8 Å². The van der Waals surface area contributed by atoms with Gasteiger partial charge in [-0.25, -0.2) is 4.39 Å². The lowest BCUT2D eigenvalue weighted by Crippen LogP contribution is -2.77. The molecule has 2 heterocycles. The largest absolute Gasteiger partial charge is 0.484 e. The molecule has 0 unspecified atom stereocenters. The summed E-state index contributed by atoms with van der Waals surface area (Å²) >= 11 is 5.63. The van der Waals surface area contributed by atoms with Gasteiger partial charge in [0, 0.05) is 18.5 Å². The minimum Gasteiger partial charge on any atom is -0.484 e. The van der Waals surface area contributed by atoms with Crippen LogP contribution in [0.4, 0.5) is 13.2 Å². The third-order valence-electron chi connectivity index (χ3n) is 6.17. The Hall–Kier alpha value is -3.34. The van der Waals surface area contributed by atoms with Gasteiger partial charge in [0.2, 0.25) is 11.7 Å². The van der Waals surface area contributed by atoms with E-state index in [0.29, 0.717) is 36.7 Å². The molecule has 8 nitrogen and oxygen atoms in total. The van der Waals surface area contributed by atoms with Gasteiger partial charge in [-0.05, 0) is 43.5 Å². The van der Waals surface area contributed by atoms with E-state index in [1.165, 1.54) is 30.5 Å². The van der Waals surface area contributed by atoms with Gasteiger partial charge < -0.3 is 19.3 Å². The summed E-state index contributed by atoms with van der Waals surface area (Å²) in [6.07, 6.45) is 3.18. The lowest BCUT2D eigenvalue weighted by molar-refractivity contribution is -0.143. The van der Waals surface area contributed by atoms with E-state index in [-0.39, 0.29) is 46.5 Å². The Balaban J connectivity index is 1.09. The molecule has 3 aromatic rings. The average molecular weight is 509 g/mol. The summed E-state index contributed by atoms with van der Waals surface area (Å²) in [4.78, 5) is 20.4. The number of carbonyl (C=O) groups excluding carboxylic acids is 1. The Labute approximate surface area is 202 Å². The Bertz CT molecular complexity index is 1240. The van der Waals surface area contributed by atoms with Crippen molar-refractivity contribution in [2.75, 3.05) is 6.61 Å². The van der Waals surface area contributed by atoms with Crippen LogP contribution in [0.1, 0.15) is 43.6 Å². The third kappa shape index (κ3) is 4.64. The van der Waals surface area contributed by atoms with E-state index in [0.717, 1.165) is 13.0 Å². The number of nitrogens with one attached hydrogen (secondary N) is 1. The van der Waals surface area contributed by atoms with Crippen LogP contribution in [0.15, 0.2) is 41.1 Å². The van der Waals surface area contributed by atoms with Crippen LogP contribution in [0.25, 0.3) is 0 Å². The van der Waals surface area contributed by atoms with Gasteiger partial charge in [-0.3, -0.25) is 9.78 Å². The molecule has 3 saturated carbocycles. The number of ether oxygens (including phenoxy) is 2. The predicted molar refractivity (Wildman–Crippen MR) is 116 cm³/mol. The molecule has 0 atom stereocenters. The Morgan fingerprint density at radius 2 is 1.94 bits per heavy atom. The summed E-state index contributed by atoms with van der Waals surface area (Å²) < 4.78 is 56.2. The van der Waals surface area contributed by atoms with Crippen LogP contribution in [-0.2, 0) is 22.7 Å². The van der Waals surface area contributed by atoms with Gasteiger partial charge in [-0.1, -0.05) is 16.8 Å². The number of nitrogens with zero attached hydrogens (tertiary/aromatic N) is 3. The van der Waals surface area contributed by atoms with Crippen LogP contribution >= 0.6 is 11.6 Å². The molecule has 3 fully saturated rings. The fourth-order valence-corrected chi connectivity index (χ4v) is 4.71. The lowest BCUT2D eigenvalue weighted by Gasteiger charge is -2.68. The van der Waals surface area contributed by atoms with Crippen molar-refractivity contribution in [1.29, 1.82) is 0 Å². The van der Waals surface area contributed by atoms with Gasteiger partial charge in [-0.15, -0.1) is 0 Å². The summed E-state index contributed by atoms with van der Waals surface area (Å²) in [6.45, 7) is 0.520. The molecule has 6 rings (SSSR count). The number of alkyl halides is 2. The minimum absolute atomic E-state index is 0.00631. The topological polar surface area (TPSA) is 99.4 Å². The van der Waals surface area contributed by atoms with E-state index in [2.05, 4.69) is 20.4 Å². The van der Waals surface area contributed by atoms with Crippen molar-refractivity contribution in [3.8, 4) is 11.5 Å². The molecule has 3 aliphatic carbocycles. The number of benzene rings is 1. The Morgan fingerprint density at radius 1 is 1.20 bits per heavy atom. The van der Waals surface area contributed by atoms with Crippen LogP contribution in [0.3, 0.4) is 0 Å². The van der Waals surface area contributed by atoms with Crippen LogP contribution in [0.5, 0.6) is 11.5 Å². The van der Waals surface area contributed by atoms with E-state index in [9.17, 15) is 18.0 Å². The molecule has 0 saturated heterocycles. The molecule has 35 heavy (non-hydrogen) atoms. The second kappa shape index (κ2) is 8.40. The summed E-state index contributed by atoms with van der Waals surface area (Å²) in [6, 6.07) is 6.57.